The number of H-pyrrole nitrogens is 1. The number of nitrogens with zero attached hydrogens (tertiary/aromatic N) is 5. The monoisotopic (exact) mass is 338 g/mol. The smallest absolute Gasteiger partial charge is 0.261 e. The fourth-order valence-electron chi connectivity index (χ4n) is 3.15. The lowest BCUT2D eigenvalue weighted by Crippen LogP contribution is -2.35. The Morgan fingerprint density at radius 3 is 3.08 bits per heavy atom. The van der Waals surface area contributed by atoms with Crippen molar-refractivity contribution in [3.05, 3.63) is 42.2 Å². The van der Waals surface area contributed by atoms with Crippen molar-refractivity contribution in [3.8, 4) is 5.88 Å². The number of hydrogen-bond donors (Lipinski definition) is 1. The van der Waals surface area contributed by atoms with Gasteiger partial charge in [0.25, 0.3) is 5.91 Å². The zero-order valence-electron chi connectivity index (χ0n) is 13.8. The third-order valence-electron chi connectivity index (χ3n) is 4.32. The highest BCUT2D eigenvalue weighted by Crippen LogP contribution is 2.30. The minimum atomic E-state index is -0.0943. The van der Waals surface area contributed by atoms with Gasteiger partial charge in [0.05, 0.1) is 16.9 Å². The van der Waals surface area contributed by atoms with Crippen LogP contribution in [0.2, 0.25) is 0 Å². The van der Waals surface area contributed by atoms with E-state index in [4.69, 9.17) is 4.74 Å². The number of rotatable bonds is 4. The van der Waals surface area contributed by atoms with Gasteiger partial charge < -0.3 is 9.64 Å². The van der Waals surface area contributed by atoms with E-state index in [0.29, 0.717) is 18.2 Å². The zero-order valence-corrected chi connectivity index (χ0v) is 13.8. The number of aromatic nitrogens is 5. The van der Waals surface area contributed by atoms with Crippen molar-refractivity contribution in [1.29, 1.82) is 0 Å². The number of amides is 1. The average molecular weight is 338 g/mol. The summed E-state index contributed by atoms with van der Waals surface area (Å²) in [5.74, 6) is 1.74. The highest BCUT2D eigenvalue weighted by Gasteiger charge is 2.32. The first-order valence-corrected chi connectivity index (χ1v) is 8.23. The van der Waals surface area contributed by atoms with Gasteiger partial charge in [-0.15, -0.1) is 0 Å². The van der Waals surface area contributed by atoms with E-state index in [1.807, 2.05) is 31.2 Å². The summed E-state index contributed by atoms with van der Waals surface area (Å²) in [5, 5.41) is 7.83. The van der Waals surface area contributed by atoms with E-state index in [1.54, 1.807) is 4.90 Å². The summed E-state index contributed by atoms with van der Waals surface area (Å²) in [7, 11) is 0. The average Bonchev–Trinajstić information content (AvgIpc) is 3.28. The number of likely N-dealkylation sites (tertiary alicyclic amines) is 1. The van der Waals surface area contributed by atoms with Gasteiger partial charge in [0, 0.05) is 6.54 Å². The molecule has 8 nitrogen and oxygen atoms in total. The number of carbonyl (C=O) groups is 1. The molecule has 4 rings (SSSR count). The number of para-hydroxylation sites is 1. The maximum atomic E-state index is 12.6. The van der Waals surface area contributed by atoms with Crippen molar-refractivity contribution in [3.63, 3.8) is 0 Å². The first-order chi connectivity index (χ1) is 12.2. The Labute approximate surface area is 144 Å². The Morgan fingerprint density at radius 1 is 1.36 bits per heavy atom. The van der Waals surface area contributed by atoms with Crippen LogP contribution in [-0.4, -0.2) is 49.1 Å². The summed E-state index contributed by atoms with van der Waals surface area (Å²) in [6.45, 7) is 2.47. The van der Waals surface area contributed by atoms with E-state index in [-0.39, 0.29) is 18.6 Å². The van der Waals surface area contributed by atoms with Crippen molar-refractivity contribution in [2.24, 2.45) is 0 Å². The summed E-state index contributed by atoms with van der Waals surface area (Å²) in [6, 6.07) is 7.46. The van der Waals surface area contributed by atoms with Crippen molar-refractivity contribution in [2.45, 2.75) is 25.8 Å². The zero-order chi connectivity index (χ0) is 17.2. The number of benzene rings is 1. The molecule has 1 fully saturated rings. The van der Waals surface area contributed by atoms with Crippen LogP contribution in [0.1, 0.15) is 30.5 Å². The second-order valence-corrected chi connectivity index (χ2v) is 6.01. The molecular formula is C17H18N6O2. The van der Waals surface area contributed by atoms with Crippen molar-refractivity contribution < 1.29 is 9.53 Å². The molecule has 1 atom stereocenters. The Hall–Kier alpha value is -3.03. The number of hydrogen-bond acceptors (Lipinski definition) is 6. The molecule has 1 N–H and O–H groups in total. The van der Waals surface area contributed by atoms with Crippen LogP contribution < -0.4 is 4.74 Å². The third-order valence-corrected chi connectivity index (χ3v) is 4.32. The van der Waals surface area contributed by atoms with E-state index in [2.05, 4.69) is 25.1 Å². The highest BCUT2D eigenvalue weighted by molar-refractivity contribution is 5.84. The summed E-state index contributed by atoms with van der Waals surface area (Å²) >= 11 is 0. The lowest BCUT2D eigenvalue weighted by molar-refractivity contribution is -0.134. The van der Waals surface area contributed by atoms with Crippen LogP contribution in [0, 0.1) is 6.92 Å². The molecule has 0 bridgehead atoms. The molecule has 3 aromatic rings. The molecule has 1 amide bonds. The molecule has 1 aromatic carbocycles. The lowest BCUT2D eigenvalue weighted by atomic mass is 10.2. The molecule has 128 valence electrons. The Morgan fingerprint density at radius 2 is 2.24 bits per heavy atom. The fourth-order valence-corrected chi connectivity index (χ4v) is 3.15. The number of ether oxygens (including phenoxy) is 1. The molecule has 0 aliphatic carbocycles. The van der Waals surface area contributed by atoms with Crippen molar-refractivity contribution in [2.75, 3.05) is 13.2 Å². The SMILES string of the molecule is Cc1nc(C2CCCN2C(=O)COc2ncnc3ccccc23)n[nH]1. The van der Waals surface area contributed by atoms with E-state index < -0.39 is 0 Å². The number of fused-ring (bicyclic) bond motifs is 1. The van der Waals surface area contributed by atoms with Gasteiger partial charge in [-0.25, -0.2) is 15.0 Å². The molecule has 2 aromatic heterocycles. The van der Waals surface area contributed by atoms with E-state index in [0.717, 1.165) is 29.6 Å². The van der Waals surface area contributed by atoms with Gasteiger partial charge in [0.2, 0.25) is 5.88 Å². The number of aromatic amines is 1. The van der Waals surface area contributed by atoms with E-state index in [9.17, 15) is 4.79 Å². The van der Waals surface area contributed by atoms with Gasteiger partial charge in [0.1, 0.15) is 12.2 Å². The molecule has 8 heteroatoms. The first kappa shape index (κ1) is 15.5. The minimum Gasteiger partial charge on any atom is -0.467 e. The summed E-state index contributed by atoms with van der Waals surface area (Å²) in [5.41, 5.74) is 0.787. The standard InChI is InChI=1S/C17H18N6O2/c1-11-20-16(22-21-11)14-7-4-8-23(14)15(24)9-25-17-12-5-2-3-6-13(12)18-10-19-17/h2-3,5-6,10,14H,4,7-9H2,1H3,(H,20,21,22). The maximum Gasteiger partial charge on any atom is 0.261 e. The van der Waals surface area contributed by atoms with Crippen molar-refractivity contribution in [1.82, 2.24) is 30.0 Å². The highest BCUT2D eigenvalue weighted by atomic mass is 16.5. The van der Waals surface area contributed by atoms with Crippen LogP contribution in [0.4, 0.5) is 0 Å². The van der Waals surface area contributed by atoms with Gasteiger partial charge in [-0.3, -0.25) is 9.89 Å². The van der Waals surface area contributed by atoms with Gasteiger partial charge in [-0.1, -0.05) is 12.1 Å². The minimum absolute atomic E-state index is 0.0685. The molecule has 1 aliphatic rings. The molecule has 0 spiro atoms. The molecule has 3 heterocycles. The molecule has 1 saturated heterocycles. The summed E-state index contributed by atoms with van der Waals surface area (Å²) in [4.78, 5) is 27.1. The number of aryl methyl sites for hydroxylation is 1. The second-order valence-electron chi connectivity index (χ2n) is 6.01. The second kappa shape index (κ2) is 6.46. The van der Waals surface area contributed by atoms with Gasteiger partial charge in [-0.2, -0.15) is 5.10 Å². The summed E-state index contributed by atoms with van der Waals surface area (Å²) < 4.78 is 5.69. The van der Waals surface area contributed by atoms with Gasteiger partial charge in [-0.05, 0) is 31.9 Å². The predicted molar refractivity (Wildman–Crippen MR) is 89.8 cm³/mol. The molecular weight excluding hydrogens is 320 g/mol. The van der Waals surface area contributed by atoms with Crippen LogP contribution in [0.25, 0.3) is 10.9 Å². The van der Waals surface area contributed by atoms with Gasteiger partial charge in [0.15, 0.2) is 12.4 Å². The first-order valence-electron chi connectivity index (χ1n) is 8.23. The summed E-state index contributed by atoms with van der Waals surface area (Å²) in [6.07, 6.45) is 3.23. The Bertz CT molecular complexity index is 904. The normalized spacial score (nSPS) is 17.2. The van der Waals surface area contributed by atoms with Crippen molar-refractivity contribution >= 4 is 16.8 Å². The number of nitrogens with one attached hydrogen (secondary N) is 1. The van der Waals surface area contributed by atoms with E-state index >= 15 is 0 Å². The Balaban J connectivity index is 1.48. The quantitative estimate of drug-likeness (QED) is 0.779. The molecule has 1 aliphatic heterocycles. The number of carbonyl (C=O) groups excluding carboxylic acids is 1. The van der Waals surface area contributed by atoms with Crippen LogP contribution >= 0.6 is 0 Å². The topological polar surface area (TPSA) is 96.9 Å². The molecule has 0 radical (unpaired) electrons. The molecule has 25 heavy (non-hydrogen) atoms. The van der Waals surface area contributed by atoms with Crippen LogP contribution in [-0.2, 0) is 4.79 Å². The predicted octanol–water partition coefficient (Wildman–Crippen LogP) is 1.80. The fraction of sp³-hybridized carbons (Fsp3) is 0.353. The maximum absolute atomic E-state index is 12.6. The Kier molecular flexibility index (Phi) is 4.01. The van der Waals surface area contributed by atoms with E-state index in [1.165, 1.54) is 6.33 Å². The van der Waals surface area contributed by atoms with Gasteiger partial charge >= 0.3 is 0 Å². The third kappa shape index (κ3) is 3.02. The van der Waals surface area contributed by atoms with Crippen LogP contribution in [0.5, 0.6) is 5.88 Å². The van der Waals surface area contributed by atoms with Crippen LogP contribution in [0.3, 0.4) is 0 Å². The molecule has 1 unspecified atom stereocenters. The largest absolute Gasteiger partial charge is 0.467 e. The van der Waals surface area contributed by atoms with Crippen LogP contribution in [0.15, 0.2) is 30.6 Å². The molecule has 0 saturated carbocycles. The lowest BCUT2D eigenvalue weighted by Gasteiger charge is -2.22.